The van der Waals surface area contributed by atoms with Gasteiger partial charge in [0.1, 0.15) is 11.3 Å². The van der Waals surface area contributed by atoms with Crippen molar-refractivity contribution in [3.63, 3.8) is 0 Å². The molecule has 6 nitrogen and oxygen atoms in total. The predicted molar refractivity (Wildman–Crippen MR) is 97.9 cm³/mol. The monoisotopic (exact) mass is 353 g/mol. The molecule has 136 valence electrons. The highest BCUT2D eigenvalue weighted by Gasteiger charge is 2.29. The van der Waals surface area contributed by atoms with Crippen LogP contribution in [0, 0.1) is 6.92 Å². The number of furan rings is 1. The molecule has 0 N–H and O–H groups in total. The lowest BCUT2D eigenvalue weighted by Crippen LogP contribution is -2.48. The summed E-state index contributed by atoms with van der Waals surface area (Å²) in [5.74, 6) is 0.476. The number of nitrogens with zero attached hydrogens (tertiary/aromatic N) is 3. The number of benzene rings is 1. The topological polar surface area (TPSA) is 60.5 Å². The molecular formula is C20H23N3O3. The Bertz CT molecular complexity index is 881. The van der Waals surface area contributed by atoms with Crippen molar-refractivity contribution in [2.75, 3.05) is 19.7 Å². The molecule has 1 saturated heterocycles. The van der Waals surface area contributed by atoms with Gasteiger partial charge in [0.25, 0.3) is 0 Å². The number of amides is 1. The molecule has 26 heavy (non-hydrogen) atoms. The minimum absolute atomic E-state index is 0.0464. The lowest BCUT2D eigenvalue weighted by Gasteiger charge is -2.34. The summed E-state index contributed by atoms with van der Waals surface area (Å²) < 4.78 is 13.6. The quantitative estimate of drug-likeness (QED) is 0.723. The molecule has 3 heterocycles. The summed E-state index contributed by atoms with van der Waals surface area (Å²) >= 11 is 0. The summed E-state index contributed by atoms with van der Waals surface area (Å²) in [7, 11) is 0. The maximum Gasteiger partial charge on any atom is 0.233 e. The lowest BCUT2D eigenvalue weighted by molar-refractivity contribution is -0.141. The van der Waals surface area contributed by atoms with E-state index < -0.39 is 0 Å². The van der Waals surface area contributed by atoms with Crippen molar-refractivity contribution < 1.29 is 13.9 Å². The number of carbonyl (C=O) groups is 1. The van der Waals surface area contributed by atoms with Gasteiger partial charge in [-0.3, -0.25) is 9.48 Å². The maximum absolute atomic E-state index is 13.0. The zero-order valence-electron chi connectivity index (χ0n) is 15.1. The van der Waals surface area contributed by atoms with Crippen molar-refractivity contribution in [2.24, 2.45) is 0 Å². The van der Waals surface area contributed by atoms with E-state index in [1.165, 1.54) is 0 Å². The number of para-hydroxylation sites is 1. The van der Waals surface area contributed by atoms with Crippen LogP contribution in [0.5, 0.6) is 0 Å². The minimum Gasteiger partial charge on any atom is -0.460 e. The van der Waals surface area contributed by atoms with Crippen LogP contribution in [0.1, 0.15) is 24.2 Å². The van der Waals surface area contributed by atoms with Gasteiger partial charge in [-0.1, -0.05) is 18.2 Å². The SMILES string of the molecule is Cc1cnn(CC2CN(C(=O)C(C)c3cc4ccccc4o3)CCO2)c1. The van der Waals surface area contributed by atoms with Crippen LogP contribution >= 0.6 is 0 Å². The van der Waals surface area contributed by atoms with E-state index in [0.29, 0.717) is 32.0 Å². The largest absolute Gasteiger partial charge is 0.460 e. The number of hydrogen-bond acceptors (Lipinski definition) is 4. The molecule has 4 rings (SSSR count). The third kappa shape index (κ3) is 3.37. The third-order valence-electron chi connectivity index (χ3n) is 4.85. The number of rotatable bonds is 4. The van der Waals surface area contributed by atoms with Gasteiger partial charge in [0.15, 0.2) is 0 Å². The number of fused-ring (bicyclic) bond motifs is 1. The summed E-state index contributed by atoms with van der Waals surface area (Å²) in [6.07, 6.45) is 3.77. The average Bonchev–Trinajstić information content (AvgIpc) is 3.26. The Kier molecular flexibility index (Phi) is 4.51. The lowest BCUT2D eigenvalue weighted by atomic mass is 10.1. The standard InChI is InChI=1S/C20H23N3O3/c1-14-10-21-23(11-14)13-17-12-22(7-8-25-17)20(24)15(2)19-9-16-5-3-4-6-18(16)26-19/h3-6,9-11,15,17H,7-8,12-13H2,1-2H3. The number of aromatic nitrogens is 2. The number of morpholine rings is 1. The second-order valence-corrected chi connectivity index (χ2v) is 6.93. The molecule has 2 unspecified atom stereocenters. The van der Waals surface area contributed by atoms with Crippen LogP contribution < -0.4 is 0 Å². The fraction of sp³-hybridized carbons (Fsp3) is 0.400. The van der Waals surface area contributed by atoms with E-state index in [0.717, 1.165) is 16.5 Å². The summed E-state index contributed by atoms with van der Waals surface area (Å²) in [5.41, 5.74) is 1.93. The molecular weight excluding hydrogens is 330 g/mol. The van der Waals surface area contributed by atoms with E-state index in [-0.39, 0.29) is 17.9 Å². The van der Waals surface area contributed by atoms with Crippen molar-refractivity contribution >= 4 is 16.9 Å². The minimum atomic E-state index is -0.312. The Morgan fingerprint density at radius 3 is 3.00 bits per heavy atom. The Balaban J connectivity index is 1.44. The second-order valence-electron chi connectivity index (χ2n) is 6.93. The Morgan fingerprint density at radius 1 is 1.38 bits per heavy atom. The van der Waals surface area contributed by atoms with Gasteiger partial charge in [0.05, 0.1) is 31.4 Å². The van der Waals surface area contributed by atoms with Gasteiger partial charge in [-0.15, -0.1) is 0 Å². The zero-order valence-corrected chi connectivity index (χ0v) is 15.1. The number of carbonyl (C=O) groups excluding carboxylic acids is 1. The molecule has 0 radical (unpaired) electrons. The van der Waals surface area contributed by atoms with Crippen molar-refractivity contribution in [3.8, 4) is 0 Å². The Labute approximate surface area is 152 Å². The van der Waals surface area contributed by atoms with Crippen LogP contribution in [0.3, 0.4) is 0 Å². The van der Waals surface area contributed by atoms with Crippen molar-refractivity contribution in [1.29, 1.82) is 0 Å². The first kappa shape index (κ1) is 16.8. The van der Waals surface area contributed by atoms with E-state index in [1.807, 2.05) is 66.2 Å². The Morgan fingerprint density at radius 2 is 2.23 bits per heavy atom. The van der Waals surface area contributed by atoms with E-state index in [2.05, 4.69) is 5.10 Å². The average molecular weight is 353 g/mol. The highest BCUT2D eigenvalue weighted by molar-refractivity contribution is 5.85. The first-order valence-electron chi connectivity index (χ1n) is 8.98. The van der Waals surface area contributed by atoms with Gasteiger partial charge in [0, 0.05) is 24.7 Å². The number of hydrogen-bond donors (Lipinski definition) is 0. The molecule has 1 aromatic carbocycles. The molecule has 1 aliphatic rings. The number of aryl methyl sites for hydroxylation is 1. The van der Waals surface area contributed by atoms with Crippen molar-refractivity contribution in [3.05, 3.63) is 54.0 Å². The highest BCUT2D eigenvalue weighted by Crippen LogP contribution is 2.26. The van der Waals surface area contributed by atoms with E-state index in [4.69, 9.17) is 9.15 Å². The highest BCUT2D eigenvalue weighted by atomic mass is 16.5. The molecule has 6 heteroatoms. The molecule has 3 aromatic rings. The Hall–Kier alpha value is -2.60. The fourth-order valence-corrected chi connectivity index (χ4v) is 3.42. The zero-order chi connectivity index (χ0) is 18.1. The van der Waals surface area contributed by atoms with Crippen molar-refractivity contribution in [2.45, 2.75) is 32.4 Å². The summed E-state index contributed by atoms with van der Waals surface area (Å²) in [5, 5.41) is 5.33. The molecule has 2 atom stereocenters. The van der Waals surface area contributed by atoms with Gasteiger partial charge in [0.2, 0.25) is 5.91 Å². The first-order chi connectivity index (χ1) is 12.6. The molecule has 1 aliphatic heterocycles. The van der Waals surface area contributed by atoms with Gasteiger partial charge in [-0.05, 0) is 31.5 Å². The fourth-order valence-electron chi connectivity index (χ4n) is 3.42. The van der Waals surface area contributed by atoms with E-state index >= 15 is 0 Å². The van der Waals surface area contributed by atoms with E-state index in [1.54, 1.807) is 0 Å². The van der Waals surface area contributed by atoms with Gasteiger partial charge in [-0.2, -0.15) is 5.10 Å². The van der Waals surface area contributed by atoms with Gasteiger partial charge in [-0.25, -0.2) is 0 Å². The smallest absolute Gasteiger partial charge is 0.233 e. The molecule has 0 aliphatic carbocycles. The van der Waals surface area contributed by atoms with Crippen LogP contribution in [0.2, 0.25) is 0 Å². The van der Waals surface area contributed by atoms with Gasteiger partial charge < -0.3 is 14.1 Å². The van der Waals surface area contributed by atoms with Crippen molar-refractivity contribution in [1.82, 2.24) is 14.7 Å². The molecule has 0 saturated carbocycles. The first-order valence-corrected chi connectivity index (χ1v) is 8.98. The van der Waals surface area contributed by atoms with E-state index in [9.17, 15) is 4.79 Å². The van der Waals surface area contributed by atoms with Crippen LogP contribution in [-0.2, 0) is 16.1 Å². The van der Waals surface area contributed by atoms with Crippen LogP contribution in [0.25, 0.3) is 11.0 Å². The molecule has 1 amide bonds. The maximum atomic E-state index is 13.0. The third-order valence-corrected chi connectivity index (χ3v) is 4.85. The summed E-state index contributed by atoms with van der Waals surface area (Å²) in [6, 6.07) is 9.79. The second kappa shape index (κ2) is 6.96. The van der Waals surface area contributed by atoms with Crippen LogP contribution in [0.4, 0.5) is 0 Å². The molecule has 1 fully saturated rings. The molecule has 0 spiro atoms. The summed E-state index contributed by atoms with van der Waals surface area (Å²) in [4.78, 5) is 14.8. The van der Waals surface area contributed by atoms with Crippen LogP contribution in [0.15, 0.2) is 47.1 Å². The van der Waals surface area contributed by atoms with Gasteiger partial charge >= 0.3 is 0 Å². The predicted octanol–water partition coefficient (Wildman–Crippen LogP) is 2.97. The summed E-state index contributed by atoms with van der Waals surface area (Å²) in [6.45, 7) is 6.29. The van der Waals surface area contributed by atoms with Crippen LogP contribution in [-0.4, -0.2) is 46.4 Å². The molecule has 0 bridgehead atoms. The number of ether oxygens (including phenoxy) is 1. The molecule has 2 aromatic heterocycles. The normalized spacial score (nSPS) is 19.0.